The lowest BCUT2D eigenvalue weighted by atomic mass is 10.1. The van der Waals surface area contributed by atoms with E-state index in [1.54, 1.807) is 6.20 Å². The first-order valence-corrected chi connectivity index (χ1v) is 6.89. The average molecular weight is 259 g/mol. The highest BCUT2D eigenvalue weighted by Crippen LogP contribution is 2.26. The van der Waals surface area contributed by atoms with Crippen LogP contribution >= 0.6 is 0 Å². The highest BCUT2D eigenvalue weighted by atomic mass is 16.3. The number of aromatic nitrogens is 2. The molecule has 2 aromatic rings. The molecule has 1 aromatic heterocycles. The minimum absolute atomic E-state index is 0.126. The molecule has 2 rings (SSSR count). The van der Waals surface area contributed by atoms with Crippen LogP contribution in [0.3, 0.4) is 0 Å². The van der Waals surface area contributed by atoms with Gasteiger partial charge in [-0.1, -0.05) is 38.1 Å². The van der Waals surface area contributed by atoms with Crippen molar-refractivity contribution in [3.63, 3.8) is 0 Å². The van der Waals surface area contributed by atoms with Crippen molar-refractivity contribution in [3.8, 4) is 0 Å². The zero-order valence-electron chi connectivity index (χ0n) is 11.6. The fourth-order valence-electron chi connectivity index (χ4n) is 2.52. The molecule has 0 unspecified atom stereocenters. The molecule has 102 valence electrons. The summed E-state index contributed by atoms with van der Waals surface area (Å²) in [7, 11) is 0. The van der Waals surface area contributed by atoms with Gasteiger partial charge in [-0.05, 0) is 12.8 Å². The number of nitrogens with zero attached hydrogens (tertiary/aromatic N) is 3. The highest BCUT2D eigenvalue weighted by molar-refractivity contribution is 5.91. The first-order chi connectivity index (χ1) is 9.31. The van der Waals surface area contributed by atoms with E-state index in [0.717, 1.165) is 29.4 Å². The van der Waals surface area contributed by atoms with Crippen molar-refractivity contribution in [3.05, 3.63) is 30.5 Å². The standard InChI is InChI=1S/C15H21N3O/c1-3-13(4-2)18(9-10-19)15-14-8-6-5-7-12(14)11-16-17-15/h5-8,11,13,19H,3-4,9-10H2,1-2H3. The van der Waals surface area contributed by atoms with Crippen LogP contribution in [0.1, 0.15) is 26.7 Å². The molecular weight excluding hydrogens is 238 g/mol. The number of hydrogen-bond donors (Lipinski definition) is 1. The molecule has 0 spiro atoms. The van der Waals surface area contributed by atoms with Gasteiger partial charge in [0.2, 0.25) is 0 Å². The molecule has 0 aliphatic rings. The van der Waals surface area contributed by atoms with Crippen LogP contribution in [0.5, 0.6) is 0 Å². The highest BCUT2D eigenvalue weighted by Gasteiger charge is 2.18. The number of fused-ring (bicyclic) bond motifs is 1. The van der Waals surface area contributed by atoms with E-state index in [9.17, 15) is 5.11 Å². The molecule has 1 N–H and O–H groups in total. The van der Waals surface area contributed by atoms with Gasteiger partial charge in [0.25, 0.3) is 0 Å². The van der Waals surface area contributed by atoms with Crippen molar-refractivity contribution in [2.24, 2.45) is 0 Å². The molecule has 0 aliphatic heterocycles. The van der Waals surface area contributed by atoms with E-state index in [-0.39, 0.29) is 6.61 Å². The minimum atomic E-state index is 0.126. The van der Waals surface area contributed by atoms with Crippen LogP contribution in [0, 0.1) is 0 Å². The Balaban J connectivity index is 2.49. The molecule has 0 aliphatic carbocycles. The molecule has 0 saturated heterocycles. The Labute approximate surface area is 114 Å². The van der Waals surface area contributed by atoms with Crippen molar-refractivity contribution in [2.75, 3.05) is 18.1 Å². The summed E-state index contributed by atoms with van der Waals surface area (Å²) in [5, 5.41) is 19.9. The zero-order valence-corrected chi connectivity index (χ0v) is 11.6. The number of anilines is 1. The Kier molecular flexibility index (Phi) is 4.68. The van der Waals surface area contributed by atoms with Crippen LogP contribution in [0.2, 0.25) is 0 Å². The predicted octanol–water partition coefficient (Wildman–Crippen LogP) is 2.62. The second-order valence-electron chi connectivity index (χ2n) is 4.64. The second kappa shape index (κ2) is 6.48. The molecule has 19 heavy (non-hydrogen) atoms. The Morgan fingerprint density at radius 2 is 1.95 bits per heavy atom. The van der Waals surface area contributed by atoms with E-state index in [1.807, 2.05) is 18.2 Å². The number of benzene rings is 1. The van der Waals surface area contributed by atoms with Crippen molar-refractivity contribution in [2.45, 2.75) is 32.7 Å². The van der Waals surface area contributed by atoms with E-state index >= 15 is 0 Å². The smallest absolute Gasteiger partial charge is 0.159 e. The van der Waals surface area contributed by atoms with Gasteiger partial charge in [0, 0.05) is 23.4 Å². The summed E-state index contributed by atoms with van der Waals surface area (Å²) in [4.78, 5) is 2.18. The zero-order chi connectivity index (χ0) is 13.7. The third kappa shape index (κ3) is 2.84. The molecule has 0 amide bonds. The number of hydrogen-bond acceptors (Lipinski definition) is 4. The summed E-state index contributed by atoms with van der Waals surface area (Å²) >= 11 is 0. The van der Waals surface area contributed by atoms with E-state index < -0.39 is 0 Å². The molecule has 0 saturated carbocycles. The Hall–Kier alpha value is -1.68. The molecule has 4 heteroatoms. The maximum atomic E-state index is 9.32. The fourth-order valence-corrected chi connectivity index (χ4v) is 2.52. The fraction of sp³-hybridized carbons (Fsp3) is 0.467. The normalized spacial score (nSPS) is 11.2. The first kappa shape index (κ1) is 13.7. The Morgan fingerprint density at radius 3 is 2.63 bits per heavy atom. The lowest BCUT2D eigenvalue weighted by Gasteiger charge is -2.31. The molecule has 1 aromatic carbocycles. The van der Waals surface area contributed by atoms with Crippen LogP contribution in [-0.4, -0.2) is 34.5 Å². The van der Waals surface area contributed by atoms with Gasteiger partial charge in [-0.25, -0.2) is 0 Å². The molecule has 0 atom stereocenters. The minimum Gasteiger partial charge on any atom is -0.395 e. The summed E-state index contributed by atoms with van der Waals surface area (Å²) in [6.45, 7) is 5.05. The van der Waals surface area contributed by atoms with Crippen LogP contribution in [0.4, 0.5) is 5.82 Å². The average Bonchev–Trinajstić information content (AvgIpc) is 2.47. The SMILES string of the molecule is CCC(CC)N(CCO)c1nncc2ccccc12. The van der Waals surface area contributed by atoms with Gasteiger partial charge in [-0.2, -0.15) is 5.10 Å². The van der Waals surface area contributed by atoms with Crippen LogP contribution in [0.25, 0.3) is 10.8 Å². The topological polar surface area (TPSA) is 49.2 Å². The third-order valence-corrected chi connectivity index (χ3v) is 3.55. The molecule has 0 fully saturated rings. The van der Waals surface area contributed by atoms with Crippen molar-refractivity contribution >= 4 is 16.6 Å². The Bertz CT molecular complexity index is 520. The van der Waals surface area contributed by atoms with Crippen molar-refractivity contribution < 1.29 is 5.11 Å². The van der Waals surface area contributed by atoms with Gasteiger partial charge in [-0.15, -0.1) is 5.10 Å². The molecule has 1 heterocycles. The van der Waals surface area contributed by atoms with Gasteiger partial charge < -0.3 is 10.0 Å². The number of aliphatic hydroxyl groups is 1. The van der Waals surface area contributed by atoms with Gasteiger partial charge in [0.15, 0.2) is 5.82 Å². The van der Waals surface area contributed by atoms with E-state index in [1.165, 1.54) is 0 Å². The monoisotopic (exact) mass is 259 g/mol. The quantitative estimate of drug-likeness (QED) is 0.866. The van der Waals surface area contributed by atoms with E-state index in [4.69, 9.17) is 0 Å². The van der Waals surface area contributed by atoms with Gasteiger partial charge in [0.05, 0.1) is 12.8 Å². The number of rotatable bonds is 6. The number of aliphatic hydroxyl groups excluding tert-OH is 1. The summed E-state index contributed by atoms with van der Waals surface area (Å²) in [5.74, 6) is 0.876. The third-order valence-electron chi connectivity index (χ3n) is 3.55. The van der Waals surface area contributed by atoms with Crippen LogP contribution in [0.15, 0.2) is 30.5 Å². The maximum Gasteiger partial charge on any atom is 0.159 e. The van der Waals surface area contributed by atoms with Gasteiger partial charge >= 0.3 is 0 Å². The predicted molar refractivity (Wildman–Crippen MR) is 78.3 cm³/mol. The maximum absolute atomic E-state index is 9.32. The largest absolute Gasteiger partial charge is 0.395 e. The van der Waals surface area contributed by atoms with E-state index in [2.05, 4.69) is 35.0 Å². The summed E-state index contributed by atoms with van der Waals surface area (Å²) in [6.07, 6.45) is 3.84. The van der Waals surface area contributed by atoms with E-state index in [0.29, 0.717) is 12.6 Å². The van der Waals surface area contributed by atoms with Gasteiger partial charge in [0.1, 0.15) is 0 Å². The molecule has 4 nitrogen and oxygen atoms in total. The summed E-state index contributed by atoms with van der Waals surface area (Å²) < 4.78 is 0. The summed E-state index contributed by atoms with van der Waals surface area (Å²) in [5.41, 5.74) is 0. The lowest BCUT2D eigenvalue weighted by molar-refractivity contribution is 0.295. The Morgan fingerprint density at radius 1 is 1.21 bits per heavy atom. The lowest BCUT2D eigenvalue weighted by Crippen LogP contribution is -2.37. The van der Waals surface area contributed by atoms with Crippen molar-refractivity contribution in [1.82, 2.24) is 10.2 Å². The van der Waals surface area contributed by atoms with Crippen LogP contribution in [-0.2, 0) is 0 Å². The molecule has 0 bridgehead atoms. The first-order valence-electron chi connectivity index (χ1n) is 6.89. The van der Waals surface area contributed by atoms with Crippen molar-refractivity contribution in [1.29, 1.82) is 0 Å². The van der Waals surface area contributed by atoms with Crippen LogP contribution < -0.4 is 4.90 Å². The molecule has 0 radical (unpaired) electrons. The van der Waals surface area contributed by atoms with Gasteiger partial charge in [-0.3, -0.25) is 0 Å². The summed E-state index contributed by atoms with van der Waals surface area (Å²) in [6, 6.07) is 8.50. The molecular formula is C15H21N3O. The second-order valence-corrected chi connectivity index (χ2v) is 4.64.